The number of benzene rings is 1. The van der Waals surface area contributed by atoms with Crippen molar-refractivity contribution < 1.29 is 9.18 Å². The lowest BCUT2D eigenvalue weighted by Gasteiger charge is -2.25. The van der Waals surface area contributed by atoms with Gasteiger partial charge in [-0.2, -0.15) is 0 Å². The van der Waals surface area contributed by atoms with Crippen molar-refractivity contribution in [2.45, 2.75) is 38.0 Å². The van der Waals surface area contributed by atoms with E-state index in [0.717, 1.165) is 31.2 Å². The zero-order valence-corrected chi connectivity index (χ0v) is 11.8. The standard InChI is InChI=1S/C15H19ClFNO/c1-10-2-7-13(14(17)8-10)15(19)18-9-11-3-5-12(16)6-4-11/h2,7-8,11-12H,3-6,9H2,1H3,(H,18,19). The van der Waals surface area contributed by atoms with Gasteiger partial charge in [0.1, 0.15) is 5.82 Å². The summed E-state index contributed by atoms with van der Waals surface area (Å²) in [6.45, 7) is 2.41. The Morgan fingerprint density at radius 1 is 1.37 bits per heavy atom. The van der Waals surface area contributed by atoms with E-state index >= 15 is 0 Å². The molecule has 0 radical (unpaired) electrons. The second kappa shape index (κ2) is 6.38. The maximum absolute atomic E-state index is 13.6. The Hall–Kier alpha value is -1.09. The number of rotatable bonds is 3. The average molecular weight is 284 g/mol. The van der Waals surface area contributed by atoms with Crippen LogP contribution in [-0.4, -0.2) is 17.8 Å². The van der Waals surface area contributed by atoms with Crippen LogP contribution in [0.5, 0.6) is 0 Å². The second-order valence-corrected chi connectivity index (χ2v) is 5.93. The molecular formula is C15H19ClFNO. The molecule has 1 amide bonds. The summed E-state index contributed by atoms with van der Waals surface area (Å²) in [5.74, 6) is -0.320. The molecule has 1 aliphatic carbocycles. The van der Waals surface area contributed by atoms with Crippen LogP contribution in [0.15, 0.2) is 18.2 Å². The highest BCUT2D eigenvalue weighted by molar-refractivity contribution is 6.20. The summed E-state index contributed by atoms with van der Waals surface area (Å²) in [7, 11) is 0. The molecule has 0 atom stereocenters. The lowest BCUT2D eigenvalue weighted by Crippen LogP contribution is -2.31. The highest BCUT2D eigenvalue weighted by atomic mass is 35.5. The first-order chi connectivity index (χ1) is 9.06. The zero-order valence-electron chi connectivity index (χ0n) is 11.1. The van der Waals surface area contributed by atoms with Gasteiger partial charge in [-0.05, 0) is 56.2 Å². The number of carbonyl (C=O) groups excluding carboxylic acids is 1. The van der Waals surface area contributed by atoms with Crippen molar-refractivity contribution in [3.05, 3.63) is 35.1 Å². The van der Waals surface area contributed by atoms with E-state index in [2.05, 4.69) is 5.32 Å². The van der Waals surface area contributed by atoms with Crippen molar-refractivity contribution >= 4 is 17.5 Å². The number of nitrogens with one attached hydrogen (secondary N) is 1. The first-order valence-electron chi connectivity index (χ1n) is 6.74. The number of carbonyl (C=O) groups is 1. The van der Waals surface area contributed by atoms with E-state index in [1.807, 2.05) is 0 Å². The molecule has 104 valence electrons. The third-order valence-electron chi connectivity index (χ3n) is 3.70. The summed E-state index contributed by atoms with van der Waals surface area (Å²) in [6, 6.07) is 4.67. The van der Waals surface area contributed by atoms with Gasteiger partial charge < -0.3 is 5.32 Å². The summed E-state index contributed by atoms with van der Waals surface area (Å²) in [6.07, 6.45) is 4.07. The van der Waals surface area contributed by atoms with Crippen molar-refractivity contribution in [3.63, 3.8) is 0 Å². The van der Waals surface area contributed by atoms with Crippen molar-refractivity contribution in [3.8, 4) is 0 Å². The molecule has 2 rings (SSSR count). The number of alkyl halides is 1. The average Bonchev–Trinajstić information content (AvgIpc) is 2.37. The smallest absolute Gasteiger partial charge is 0.254 e. The van der Waals surface area contributed by atoms with Crippen molar-refractivity contribution in [2.24, 2.45) is 5.92 Å². The first kappa shape index (κ1) is 14.3. The molecule has 0 spiro atoms. The predicted molar refractivity (Wildman–Crippen MR) is 75.1 cm³/mol. The fourth-order valence-corrected chi connectivity index (χ4v) is 2.71. The van der Waals surface area contributed by atoms with Gasteiger partial charge in [-0.3, -0.25) is 4.79 Å². The van der Waals surface area contributed by atoms with Crippen LogP contribution >= 0.6 is 11.6 Å². The van der Waals surface area contributed by atoms with Gasteiger partial charge in [-0.25, -0.2) is 4.39 Å². The van der Waals surface area contributed by atoms with Crippen LogP contribution in [0, 0.1) is 18.7 Å². The lowest BCUT2D eigenvalue weighted by molar-refractivity contribution is 0.0939. The Morgan fingerprint density at radius 2 is 2.05 bits per heavy atom. The molecule has 1 saturated carbocycles. The van der Waals surface area contributed by atoms with Gasteiger partial charge in [0, 0.05) is 11.9 Å². The highest BCUT2D eigenvalue weighted by Gasteiger charge is 2.20. The lowest BCUT2D eigenvalue weighted by atomic mass is 9.89. The Bertz CT molecular complexity index is 455. The van der Waals surface area contributed by atoms with Gasteiger partial charge in [0.2, 0.25) is 0 Å². The van der Waals surface area contributed by atoms with Gasteiger partial charge in [0.15, 0.2) is 0 Å². The Labute approximate surface area is 118 Å². The van der Waals surface area contributed by atoms with Crippen molar-refractivity contribution in [2.75, 3.05) is 6.54 Å². The summed E-state index contributed by atoms with van der Waals surface area (Å²) < 4.78 is 13.6. The minimum absolute atomic E-state index is 0.122. The van der Waals surface area contributed by atoms with Crippen LogP contribution in [0.1, 0.15) is 41.6 Å². The molecule has 0 unspecified atom stereocenters. The molecule has 1 aliphatic rings. The molecule has 0 saturated heterocycles. The van der Waals surface area contributed by atoms with Gasteiger partial charge in [0.05, 0.1) is 5.56 Å². The van der Waals surface area contributed by atoms with Gasteiger partial charge in [-0.1, -0.05) is 6.07 Å². The Balaban J connectivity index is 1.87. The van der Waals surface area contributed by atoms with Crippen LogP contribution < -0.4 is 5.32 Å². The molecule has 0 aromatic heterocycles. The molecule has 0 heterocycles. The van der Waals surface area contributed by atoms with Gasteiger partial charge in [-0.15, -0.1) is 11.6 Å². The normalized spacial score (nSPS) is 23.1. The fraction of sp³-hybridized carbons (Fsp3) is 0.533. The van der Waals surface area contributed by atoms with Crippen LogP contribution in [0.3, 0.4) is 0 Å². The fourth-order valence-electron chi connectivity index (χ4n) is 2.46. The van der Waals surface area contributed by atoms with Crippen LogP contribution in [-0.2, 0) is 0 Å². The quantitative estimate of drug-likeness (QED) is 0.843. The highest BCUT2D eigenvalue weighted by Crippen LogP contribution is 2.27. The molecule has 19 heavy (non-hydrogen) atoms. The number of hydrogen-bond donors (Lipinski definition) is 1. The summed E-state index contributed by atoms with van der Waals surface area (Å²) in [4.78, 5) is 11.9. The second-order valence-electron chi connectivity index (χ2n) is 5.31. The molecule has 0 bridgehead atoms. The van der Waals surface area contributed by atoms with Crippen LogP contribution in [0.2, 0.25) is 0 Å². The van der Waals surface area contributed by atoms with E-state index < -0.39 is 5.82 Å². The molecule has 2 nitrogen and oxygen atoms in total. The van der Waals surface area contributed by atoms with E-state index in [1.54, 1.807) is 13.0 Å². The maximum Gasteiger partial charge on any atom is 0.254 e. The minimum Gasteiger partial charge on any atom is -0.352 e. The molecule has 1 fully saturated rings. The molecule has 0 aliphatic heterocycles. The SMILES string of the molecule is Cc1ccc(C(=O)NCC2CCC(Cl)CC2)c(F)c1. The molecule has 1 N–H and O–H groups in total. The topological polar surface area (TPSA) is 29.1 Å². The zero-order chi connectivity index (χ0) is 13.8. The van der Waals surface area contributed by atoms with Gasteiger partial charge in [0.25, 0.3) is 5.91 Å². The molecule has 1 aromatic rings. The van der Waals surface area contributed by atoms with E-state index in [-0.39, 0.29) is 16.8 Å². The molecular weight excluding hydrogens is 265 g/mol. The number of halogens is 2. The summed E-state index contributed by atoms with van der Waals surface area (Å²) in [5.41, 5.74) is 0.936. The largest absolute Gasteiger partial charge is 0.352 e. The molecule has 1 aromatic carbocycles. The Morgan fingerprint density at radius 3 is 2.68 bits per heavy atom. The Kier molecular flexibility index (Phi) is 4.81. The van der Waals surface area contributed by atoms with E-state index in [0.29, 0.717) is 12.5 Å². The van der Waals surface area contributed by atoms with Crippen LogP contribution in [0.25, 0.3) is 0 Å². The monoisotopic (exact) mass is 283 g/mol. The van der Waals surface area contributed by atoms with E-state index in [4.69, 9.17) is 11.6 Å². The number of aryl methyl sites for hydroxylation is 1. The summed E-state index contributed by atoms with van der Waals surface area (Å²) >= 11 is 6.04. The first-order valence-corrected chi connectivity index (χ1v) is 7.18. The van der Waals surface area contributed by atoms with E-state index in [9.17, 15) is 9.18 Å². The predicted octanol–water partition coefficient (Wildman–Crippen LogP) is 3.66. The third-order valence-corrected chi connectivity index (χ3v) is 4.13. The number of amides is 1. The van der Waals surface area contributed by atoms with Gasteiger partial charge >= 0.3 is 0 Å². The molecule has 4 heteroatoms. The van der Waals surface area contributed by atoms with Crippen molar-refractivity contribution in [1.82, 2.24) is 5.32 Å². The minimum atomic E-state index is -0.457. The maximum atomic E-state index is 13.6. The van der Waals surface area contributed by atoms with Crippen molar-refractivity contribution in [1.29, 1.82) is 0 Å². The van der Waals surface area contributed by atoms with E-state index in [1.165, 1.54) is 12.1 Å². The number of hydrogen-bond acceptors (Lipinski definition) is 1. The third kappa shape index (κ3) is 3.93. The van der Waals surface area contributed by atoms with Crippen LogP contribution in [0.4, 0.5) is 4.39 Å². The summed E-state index contributed by atoms with van der Waals surface area (Å²) in [5, 5.41) is 3.10.